The fourth-order valence-corrected chi connectivity index (χ4v) is 2.34. The molecule has 0 saturated heterocycles. The standard InChI is InChI=1S/C19H18FN3O2/c20-17-4-1-2-5-18(17)25-14-19(24)21-12-10-15-6-8-16(9-7-15)23-13-3-11-22-23/h1-9,11,13H,10,12,14H2,(H,21,24). The first-order chi connectivity index (χ1) is 12.2. The fraction of sp³-hybridized carbons (Fsp3) is 0.158. The number of hydrogen-bond acceptors (Lipinski definition) is 3. The van der Waals surface area contributed by atoms with Crippen molar-refractivity contribution in [2.45, 2.75) is 6.42 Å². The summed E-state index contributed by atoms with van der Waals surface area (Å²) in [6, 6.07) is 15.8. The smallest absolute Gasteiger partial charge is 0.257 e. The average Bonchev–Trinajstić information content (AvgIpc) is 3.16. The Hall–Kier alpha value is -3.15. The molecule has 1 N–H and O–H groups in total. The van der Waals surface area contributed by atoms with E-state index >= 15 is 0 Å². The molecule has 25 heavy (non-hydrogen) atoms. The molecule has 2 aromatic carbocycles. The van der Waals surface area contributed by atoms with Crippen LogP contribution in [0.2, 0.25) is 0 Å². The third-order valence-corrected chi connectivity index (χ3v) is 3.64. The van der Waals surface area contributed by atoms with E-state index in [9.17, 15) is 9.18 Å². The van der Waals surface area contributed by atoms with Crippen LogP contribution in [0.15, 0.2) is 67.0 Å². The monoisotopic (exact) mass is 339 g/mol. The highest BCUT2D eigenvalue weighted by atomic mass is 19.1. The summed E-state index contributed by atoms with van der Waals surface area (Å²) in [7, 11) is 0. The number of carbonyl (C=O) groups excluding carboxylic acids is 1. The largest absolute Gasteiger partial charge is 0.481 e. The van der Waals surface area contributed by atoms with Gasteiger partial charge in [0.1, 0.15) is 0 Å². The predicted molar refractivity (Wildman–Crippen MR) is 92.2 cm³/mol. The van der Waals surface area contributed by atoms with Gasteiger partial charge in [-0.3, -0.25) is 4.79 Å². The fourth-order valence-electron chi connectivity index (χ4n) is 2.34. The third-order valence-electron chi connectivity index (χ3n) is 3.64. The average molecular weight is 339 g/mol. The first-order valence-electron chi connectivity index (χ1n) is 7.95. The van der Waals surface area contributed by atoms with Gasteiger partial charge in [-0.05, 0) is 42.3 Å². The minimum absolute atomic E-state index is 0.0758. The molecule has 5 nitrogen and oxygen atoms in total. The van der Waals surface area contributed by atoms with E-state index in [1.165, 1.54) is 12.1 Å². The van der Waals surface area contributed by atoms with Gasteiger partial charge in [0.25, 0.3) is 5.91 Å². The van der Waals surface area contributed by atoms with Gasteiger partial charge in [-0.2, -0.15) is 5.10 Å². The normalized spacial score (nSPS) is 10.4. The number of benzene rings is 2. The molecular formula is C19H18FN3O2. The summed E-state index contributed by atoms with van der Waals surface area (Å²) in [5.74, 6) is -0.684. The second kappa shape index (κ2) is 8.10. The van der Waals surface area contributed by atoms with Crippen molar-refractivity contribution in [1.29, 1.82) is 0 Å². The van der Waals surface area contributed by atoms with E-state index in [1.807, 2.05) is 36.5 Å². The molecule has 6 heteroatoms. The van der Waals surface area contributed by atoms with Crippen LogP contribution in [-0.2, 0) is 11.2 Å². The number of ether oxygens (including phenoxy) is 1. The van der Waals surface area contributed by atoms with Crippen molar-refractivity contribution in [3.05, 3.63) is 78.4 Å². The van der Waals surface area contributed by atoms with E-state index in [4.69, 9.17) is 4.74 Å². The van der Waals surface area contributed by atoms with Gasteiger partial charge in [-0.25, -0.2) is 9.07 Å². The zero-order chi connectivity index (χ0) is 17.5. The Balaban J connectivity index is 1.42. The molecule has 1 heterocycles. The molecule has 0 aliphatic heterocycles. The Morgan fingerprint density at radius 2 is 1.92 bits per heavy atom. The van der Waals surface area contributed by atoms with Crippen molar-refractivity contribution >= 4 is 5.91 Å². The molecule has 0 saturated carbocycles. The summed E-state index contributed by atoms with van der Waals surface area (Å²) in [5.41, 5.74) is 2.09. The van der Waals surface area contributed by atoms with Gasteiger partial charge >= 0.3 is 0 Å². The van der Waals surface area contributed by atoms with Crippen LogP contribution in [0.25, 0.3) is 5.69 Å². The highest BCUT2D eigenvalue weighted by Crippen LogP contribution is 2.14. The SMILES string of the molecule is O=C(COc1ccccc1F)NCCc1ccc(-n2cccn2)cc1. The summed E-state index contributed by atoms with van der Waals surface area (Å²) >= 11 is 0. The Kier molecular flexibility index (Phi) is 5.41. The first-order valence-corrected chi connectivity index (χ1v) is 7.95. The van der Waals surface area contributed by atoms with Crippen LogP contribution in [0.3, 0.4) is 0 Å². The van der Waals surface area contributed by atoms with Crippen LogP contribution < -0.4 is 10.1 Å². The van der Waals surface area contributed by atoms with Crippen LogP contribution >= 0.6 is 0 Å². The molecule has 0 radical (unpaired) electrons. The second-order valence-electron chi connectivity index (χ2n) is 5.44. The number of amides is 1. The lowest BCUT2D eigenvalue weighted by molar-refractivity contribution is -0.123. The number of rotatable bonds is 7. The van der Waals surface area contributed by atoms with E-state index in [2.05, 4.69) is 10.4 Å². The molecule has 1 amide bonds. The summed E-state index contributed by atoms with van der Waals surface area (Å²) in [6.45, 7) is 0.278. The van der Waals surface area contributed by atoms with Crippen molar-refractivity contribution in [2.75, 3.05) is 13.2 Å². The molecule has 0 spiro atoms. The molecule has 0 aliphatic carbocycles. The highest BCUT2D eigenvalue weighted by molar-refractivity contribution is 5.77. The highest BCUT2D eigenvalue weighted by Gasteiger charge is 2.06. The molecule has 128 valence electrons. The van der Waals surface area contributed by atoms with Gasteiger partial charge in [-0.1, -0.05) is 24.3 Å². The Morgan fingerprint density at radius 1 is 1.12 bits per heavy atom. The van der Waals surface area contributed by atoms with Gasteiger partial charge in [0.15, 0.2) is 18.2 Å². The number of nitrogens with zero attached hydrogens (tertiary/aromatic N) is 2. The maximum atomic E-state index is 13.4. The summed E-state index contributed by atoms with van der Waals surface area (Å²) in [6.07, 6.45) is 4.31. The summed E-state index contributed by atoms with van der Waals surface area (Å²) in [4.78, 5) is 11.8. The summed E-state index contributed by atoms with van der Waals surface area (Å²) < 4.78 is 20.3. The van der Waals surface area contributed by atoms with Crippen LogP contribution in [0.1, 0.15) is 5.56 Å². The molecule has 3 rings (SSSR count). The van der Waals surface area contributed by atoms with Crippen LogP contribution in [0, 0.1) is 5.82 Å². The van der Waals surface area contributed by atoms with Gasteiger partial charge in [0, 0.05) is 18.9 Å². The maximum Gasteiger partial charge on any atom is 0.257 e. The molecule has 3 aromatic rings. The molecule has 1 aromatic heterocycles. The minimum atomic E-state index is -0.479. The van der Waals surface area contributed by atoms with Crippen LogP contribution in [0.5, 0.6) is 5.75 Å². The van der Waals surface area contributed by atoms with Gasteiger partial charge in [0.05, 0.1) is 5.69 Å². The molecule has 0 bridgehead atoms. The number of nitrogens with one attached hydrogen (secondary N) is 1. The lowest BCUT2D eigenvalue weighted by Gasteiger charge is -2.08. The number of para-hydroxylation sites is 1. The van der Waals surface area contributed by atoms with Gasteiger partial charge in [0.2, 0.25) is 0 Å². The van der Waals surface area contributed by atoms with E-state index in [0.717, 1.165) is 11.3 Å². The van der Waals surface area contributed by atoms with Crippen molar-refractivity contribution < 1.29 is 13.9 Å². The van der Waals surface area contributed by atoms with Gasteiger partial charge in [-0.15, -0.1) is 0 Å². The van der Waals surface area contributed by atoms with Gasteiger partial charge < -0.3 is 10.1 Å². The Bertz CT molecular complexity index is 817. The Morgan fingerprint density at radius 3 is 2.64 bits per heavy atom. The molecule has 0 unspecified atom stereocenters. The Labute approximate surface area is 145 Å². The number of halogens is 1. The molecule has 0 aliphatic rings. The number of carbonyl (C=O) groups is 1. The topological polar surface area (TPSA) is 56.1 Å². The van der Waals surface area contributed by atoms with Crippen molar-refractivity contribution in [1.82, 2.24) is 15.1 Å². The van der Waals surface area contributed by atoms with Crippen molar-refractivity contribution in [3.8, 4) is 11.4 Å². The molecule has 0 fully saturated rings. The lowest BCUT2D eigenvalue weighted by Crippen LogP contribution is -2.30. The molecular weight excluding hydrogens is 321 g/mol. The van der Waals surface area contributed by atoms with Crippen LogP contribution in [0.4, 0.5) is 4.39 Å². The quantitative estimate of drug-likeness (QED) is 0.720. The van der Waals surface area contributed by atoms with E-state index < -0.39 is 5.82 Å². The second-order valence-corrected chi connectivity index (χ2v) is 5.44. The predicted octanol–water partition coefficient (Wildman–Crippen LogP) is 2.75. The molecule has 0 atom stereocenters. The van der Waals surface area contributed by atoms with Crippen molar-refractivity contribution in [3.63, 3.8) is 0 Å². The zero-order valence-electron chi connectivity index (χ0n) is 13.6. The summed E-state index contributed by atoms with van der Waals surface area (Å²) in [5, 5.41) is 6.93. The maximum absolute atomic E-state index is 13.4. The zero-order valence-corrected chi connectivity index (χ0v) is 13.6. The number of aromatic nitrogens is 2. The first kappa shape index (κ1) is 16.7. The lowest BCUT2D eigenvalue weighted by atomic mass is 10.1. The minimum Gasteiger partial charge on any atom is -0.481 e. The van der Waals surface area contributed by atoms with E-state index in [1.54, 1.807) is 23.0 Å². The number of hydrogen-bond donors (Lipinski definition) is 1. The van der Waals surface area contributed by atoms with Crippen LogP contribution in [-0.4, -0.2) is 28.8 Å². The third kappa shape index (κ3) is 4.67. The van der Waals surface area contributed by atoms with Crippen molar-refractivity contribution in [2.24, 2.45) is 0 Å². The van der Waals surface area contributed by atoms with E-state index in [-0.39, 0.29) is 18.3 Å². The van der Waals surface area contributed by atoms with E-state index in [0.29, 0.717) is 13.0 Å².